The van der Waals surface area contributed by atoms with Gasteiger partial charge in [0, 0.05) is 11.6 Å². The predicted molar refractivity (Wildman–Crippen MR) is 82.1 cm³/mol. The number of urea groups is 1. The lowest BCUT2D eigenvalue weighted by atomic mass is 10.0. The number of esters is 1. The number of carbonyl (C=O) groups excluding carboxylic acids is 2. The summed E-state index contributed by atoms with van der Waals surface area (Å²) in [7, 11) is 1.30. The molecule has 0 radical (unpaired) electrons. The summed E-state index contributed by atoms with van der Waals surface area (Å²) in [4.78, 5) is 23.5. The van der Waals surface area contributed by atoms with Crippen molar-refractivity contribution in [3.8, 4) is 0 Å². The van der Waals surface area contributed by atoms with Gasteiger partial charge in [0.05, 0.1) is 7.11 Å². The van der Waals surface area contributed by atoms with E-state index >= 15 is 0 Å². The molecule has 2 amide bonds. The zero-order valence-electron chi connectivity index (χ0n) is 12.5. The van der Waals surface area contributed by atoms with Gasteiger partial charge in [-0.3, -0.25) is 0 Å². The number of hydrogen-bond acceptors (Lipinski definition) is 3. The van der Waals surface area contributed by atoms with Gasteiger partial charge in [0.25, 0.3) is 0 Å². The van der Waals surface area contributed by atoms with Gasteiger partial charge in [-0.15, -0.1) is 0 Å². The van der Waals surface area contributed by atoms with Crippen molar-refractivity contribution in [1.82, 2.24) is 10.6 Å². The Morgan fingerprint density at radius 3 is 2.52 bits per heavy atom. The summed E-state index contributed by atoms with van der Waals surface area (Å²) in [5, 5.41) is 5.89. The first kappa shape index (κ1) is 17.3. The highest BCUT2D eigenvalue weighted by molar-refractivity contribution is 6.31. The highest BCUT2D eigenvalue weighted by Gasteiger charge is 2.22. The first-order valence-corrected chi connectivity index (χ1v) is 7.17. The lowest BCUT2D eigenvalue weighted by Crippen LogP contribution is -2.46. The van der Waals surface area contributed by atoms with Crippen molar-refractivity contribution in [2.75, 3.05) is 7.11 Å². The van der Waals surface area contributed by atoms with Crippen LogP contribution in [0.4, 0.5) is 4.79 Å². The maximum Gasteiger partial charge on any atom is 0.328 e. The van der Waals surface area contributed by atoms with E-state index in [-0.39, 0.29) is 5.92 Å². The lowest BCUT2D eigenvalue weighted by Gasteiger charge is -2.18. The second-order valence-electron chi connectivity index (χ2n) is 5.12. The smallest absolute Gasteiger partial charge is 0.328 e. The second-order valence-corrected chi connectivity index (χ2v) is 5.53. The quantitative estimate of drug-likeness (QED) is 0.794. The fraction of sp³-hybridized carbons (Fsp3) is 0.467. The standard InChI is InChI=1S/C15H21ClN2O3/c1-10(2)8-13(14(19)21-3)18-15(20)17-9-11-6-4-5-7-12(11)16/h4-7,10,13H,8-9H2,1-3H3,(H2,17,18,20). The minimum Gasteiger partial charge on any atom is -0.467 e. The molecule has 6 heteroatoms. The van der Waals surface area contributed by atoms with Crippen molar-refractivity contribution >= 4 is 23.6 Å². The maximum absolute atomic E-state index is 11.9. The molecule has 0 spiro atoms. The number of nitrogens with one attached hydrogen (secondary N) is 2. The van der Waals surface area contributed by atoms with Gasteiger partial charge >= 0.3 is 12.0 Å². The van der Waals surface area contributed by atoms with Crippen LogP contribution in [0.2, 0.25) is 5.02 Å². The van der Waals surface area contributed by atoms with E-state index in [4.69, 9.17) is 16.3 Å². The topological polar surface area (TPSA) is 67.4 Å². The third-order valence-corrected chi connectivity index (χ3v) is 3.26. The van der Waals surface area contributed by atoms with Gasteiger partial charge in [-0.25, -0.2) is 9.59 Å². The van der Waals surface area contributed by atoms with Crippen LogP contribution in [0.15, 0.2) is 24.3 Å². The van der Waals surface area contributed by atoms with E-state index in [1.165, 1.54) is 7.11 Å². The number of amides is 2. The summed E-state index contributed by atoms with van der Waals surface area (Å²) in [6, 6.07) is 6.17. The summed E-state index contributed by atoms with van der Waals surface area (Å²) in [5.74, 6) is -0.186. The Labute approximate surface area is 130 Å². The van der Waals surface area contributed by atoms with Gasteiger partial charge in [-0.05, 0) is 24.0 Å². The number of halogens is 1. The fourth-order valence-corrected chi connectivity index (χ4v) is 2.06. The molecule has 1 rings (SSSR count). The Morgan fingerprint density at radius 2 is 1.95 bits per heavy atom. The number of carbonyl (C=O) groups is 2. The zero-order chi connectivity index (χ0) is 15.8. The molecule has 0 aliphatic heterocycles. The van der Waals surface area contributed by atoms with Crippen molar-refractivity contribution in [2.45, 2.75) is 32.9 Å². The van der Waals surface area contributed by atoms with Crippen molar-refractivity contribution < 1.29 is 14.3 Å². The third-order valence-electron chi connectivity index (χ3n) is 2.90. The molecule has 116 valence electrons. The molecular formula is C15H21ClN2O3. The Morgan fingerprint density at radius 1 is 1.29 bits per heavy atom. The molecule has 1 atom stereocenters. The minimum absolute atomic E-state index is 0.262. The van der Waals surface area contributed by atoms with E-state index in [1.54, 1.807) is 6.07 Å². The van der Waals surface area contributed by atoms with Crippen molar-refractivity contribution in [3.05, 3.63) is 34.9 Å². The van der Waals surface area contributed by atoms with Crippen LogP contribution in [0.25, 0.3) is 0 Å². The second kappa shape index (κ2) is 8.52. The van der Waals surface area contributed by atoms with Gasteiger partial charge in [0.15, 0.2) is 0 Å². The zero-order valence-corrected chi connectivity index (χ0v) is 13.2. The van der Waals surface area contributed by atoms with Crippen molar-refractivity contribution in [2.24, 2.45) is 5.92 Å². The van der Waals surface area contributed by atoms with Crippen LogP contribution in [0.3, 0.4) is 0 Å². The summed E-state index contributed by atoms with van der Waals surface area (Å²) in [5.41, 5.74) is 0.813. The molecule has 5 nitrogen and oxygen atoms in total. The monoisotopic (exact) mass is 312 g/mol. The number of benzene rings is 1. The molecule has 1 aromatic carbocycles. The molecule has 0 aliphatic carbocycles. The number of rotatable bonds is 6. The van der Waals surface area contributed by atoms with Gasteiger partial charge in [0.2, 0.25) is 0 Å². The molecule has 0 bridgehead atoms. The molecule has 2 N–H and O–H groups in total. The van der Waals surface area contributed by atoms with Crippen LogP contribution in [0, 0.1) is 5.92 Å². The minimum atomic E-state index is -0.652. The van der Waals surface area contributed by atoms with E-state index in [2.05, 4.69) is 10.6 Å². The summed E-state index contributed by atoms with van der Waals surface area (Å²) in [6.07, 6.45) is 0.520. The van der Waals surface area contributed by atoms with Gasteiger partial charge in [-0.2, -0.15) is 0 Å². The number of hydrogen-bond donors (Lipinski definition) is 2. The predicted octanol–water partition coefficient (Wildman–Crippen LogP) is 2.73. The molecule has 0 aliphatic rings. The van der Waals surface area contributed by atoms with E-state index < -0.39 is 18.0 Å². The molecular weight excluding hydrogens is 292 g/mol. The fourth-order valence-electron chi connectivity index (χ4n) is 1.85. The van der Waals surface area contributed by atoms with Crippen LogP contribution >= 0.6 is 11.6 Å². The van der Waals surface area contributed by atoms with E-state index in [1.807, 2.05) is 32.0 Å². The molecule has 0 fully saturated rings. The van der Waals surface area contributed by atoms with Crippen LogP contribution in [-0.2, 0) is 16.1 Å². The van der Waals surface area contributed by atoms with E-state index in [0.29, 0.717) is 18.0 Å². The van der Waals surface area contributed by atoms with Gasteiger partial charge in [-0.1, -0.05) is 43.6 Å². The Balaban J connectivity index is 2.54. The Bertz CT molecular complexity index is 492. The maximum atomic E-state index is 11.9. The molecule has 0 saturated heterocycles. The molecule has 1 unspecified atom stereocenters. The third kappa shape index (κ3) is 6.04. The SMILES string of the molecule is COC(=O)C(CC(C)C)NC(=O)NCc1ccccc1Cl. The van der Waals surface area contributed by atoms with Crippen molar-refractivity contribution in [3.63, 3.8) is 0 Å². The molecule has 21 heavy (non-hydrogen) atoms. The van der Waals surface area contributed by atoms with Crippen LogP contribution < -0.4 is 10.6 Å². The largest absolute Gasteiger partial charge is 0.467 e. The average molecular weight is 313 g/mol. The summed E-state index contributed by atoms with van der Waals surface area (Å²) in [6.45, 7) is 4.24. The van der Waals surface area contributed by atoms with E-state index in [0.717, 1.165) is 5.56 Å². The number of ether oxygens (including phenoxy) is 1. The molecule has 0 saturated carbocycles. The molecule has 0 aromatic heterocycles. The highest BCUT2D eigenvalue weighted by Crippen LogP contribution is 2.14. The number of methoxy groups -OCH3 is 1. The lowest BCUT2D eigenvalue weighted by molar-refractivity contribution is -0.143. The van der Waals surface area contributed by atoms with Gasteiger partial charge < -0.3 is 15.4 Å². The first-order valence-electron chi connectivity index (χ1n) is 6.79. The van der Waals surface area contributed by atoms with Crippen molar-refractivity contribution in [1.29, 1.82) is 0 Å². The van der Waals surface area contributed by atoms with Crippen LogP contribution in [0.1, 0.15) is 25.8 Å². The normalized spacial score (nSPS) is 11.9. The van der Waals surface area contributed by atoms with Crippen LogP contribution in [0.5, 0.6) is 0 Å². The van der Waals surface area contributed by atoms with Crippen LogP contribution in [-0.4, -0.2) is 25.2 Å². The Hall–Kier alpha value is -1.75. The highest BCUT2D eigenvalue weighted by atomic mass is 35.5. The molecule has 0 heterocycles. The molecule has 1 aromatic rings. The summed E-state index contributed by atoms with van der Waals surface area (Å²) >= 11 is 6.01. The Kier molecular flexibility index (Phi) is 7.02. The first-order chi connectivity index (χ1) is 9.93. The van der Waals surface area contributed by atoms with E-state index in [9.17, 15) is 9.59 Å². The average Bonchev–Trinajstić information content (AvgIpc) is 2.44. The van der Waals surface area contributed by atoms with Gasteiger partial charge in [0.1, 0.15) is 6.04 Å². The summed E-state index contributed by atoms with van der Waals surface area (Å²) < 4.78 is 4.69.